The Bertz CT molecular complexity index is 1370. The second kappa shape index (κ2) is 12.3. The molecule has 2 aromatic rings. The number of benzene rings is 2. The van der Waals surface area contributed by atoms with Gasteiger partial charge in [0.1, 0.15) is 47.8 Å². The quantitative estimate of drug-likeness (QED) is 0.227. The first-order chi connectivity index (χ1) is 19.4. The number of hydrogen-bond donors (Lipinski definition) is 5. The third-order valence-corrected chi connectivity index (χ3v) is 7.01. The van der Waals surface area contributed by atoms with Crippen LogP contribution in [0.4, 0.5) is 0 Å². The summed E-state index contributed by atoms with van der Waals surface area (Å²) in [4.78, 5) is 37.7. The number of ether oxygens (including phenoxy) is 4. The number of aliphatic hydroxyl groups is 3. The molecule has 2 aliphatic rings. The number of phenols is 2. The van der Waals surface area contributed by atoms with Gasteiger partial charge in [-0.25, -0.2) is 4.79 Å². The van der Waals surface area contributed by atoms with Gasteiger partial charge in [0.25, 0.3) is 0 Å². The van der Waals surface area contributed by atoms with Crippen molar-refractivity contribution in [1.82, 2.24) is 0 Å². The monoisotopic (exact) mass is 572 g/mol. The zero-order valence-corrected chi connectivity index (χ0v) is 22.6. The van der Waals surface area contributed by atoms with E-state index in [9.17, 15) is 39.9 Å². The molecule has 12 nitrogen and oxygen atoms in total. The number of methoxy groups -OCH3 is 1. The molecule has 0 amide bonds. The highest BCUT2D eigenvalue weighted by Crippen LogP contribution is 2.47. The standard InChI is InChI=1S/C29H32O12/c1-13-8-18(33)24(27-23(13)19(34)11-16(39-27)9-14(2)31)28-29(26(37)25(36)21(12-30)40-28)41-22(35)7-5-15-4-6-17(32)20(10-15)38-3/h4-8,10,16,21,25-26,28-30,32-33,36-37H,9,11-12H2,1-3H3/t16-,21+,25+,26-,28+,29+/m0/s1. The minimum Gasteiger partial charge on any atom is -0.507 e. The second-order valence-electron chi connectivity index (χ2n) is 10.0. The van der Waals surface area contributed by atoms with Gasteiger partial charge in [0.15, 0.2) is 23.4 Å². The molecule has 0 saturated carbocycles. The molecule has 220 valence electrons. The molecule has 2 aromatic carbocycles. The van der Waals surface area contributed by atoms with Gasteiger partial charge in [-0.05, 0) is 49.2 Å². The topological polar surface area (TPSA) is 189 Å². The normalized spacial score (nSPS) is 25.9. The van der Waals surface area contributed by atoms with E-state index in [-0.39, 0.29) is 52.8 Å². The summed E-state index contributed by atoms with van der Waals surface area (Å²) < 4.78 is 22.4. The highest BCUT2D eigenvalue weighted by molar-refractivity contribution is 6.02. The van der Waals surface area contributed by atoms with Crippen LogP contribution in [0.2, 0.25) is 0 Å². The highest BCUT2D eigenvalue weighted by atomic mass is 16.6. The van der Waals surface area contributed by atoms with Crippen molar-refractivity contribution in [3.05, 3.63) is 52.6 Å². The predicted octanol–water partition coefficient (Wildman–Crippen LogP) is 1.51. The lowest BCUT2D eigenvalue weighted by Gasteiger charge is -2.43. The van der Waals surface area contributed by atoms with E-state index in [4.69, 9.17) is 18.9 Å². The molecule has 2 aliphatic heterocycles. The molecule has 0 unspecified atom stereocenters. The smallest absolute Gasteiger partial charge is 0.331 e. The molecule has 41 heavy (non-hydrogen) atoms. The summed E-state index contributed by atoms with van der Waals surface area (Å²) in [5, 5.41) is 52.1. The van der Waals surface area contributed by atoms with Crippen molar-refractivity contribution in [2.75, 3.05) is 13.7 Å². The van der Waals surface area contributed by atoms with Gasteiger partial charge < -0.3 is 44.5 Å². The molecule has 0 aromatic heterocycles. The second-order valence-corrected chi connectivity index (χ2v) is 10.0. The molecule has 0 spiro atoms. The number of fused-ring (bicyclic) bond motifs is 1. The summed E-state index contributed by atoms with van der Waals surface area (Å²) in [5.41, 5.74) is 0.862. The molecule has 12 heteroatoms. The maximum absolute atomic E-state index is 13.1. The number of Topliss-reactive ketones (excluding diaryl/α,β-unsaturated/α-hetero) is 2. The maximum atomic E-state index is 13.1. The van der Waals surface area contributed by atoms with Gasteiger partial charge in [-0.15, -0.1) is 0 Å². The van der Waals surface area contributed by atoms with Crippen molar-refractivity contribution in [1.29, 1.82) is 0 Å². The van der Waals surface area contributed by atoms with Gasteiger partial charge in [-0.2, -0.15) is 0 Å². The lowest BCUT2D eigenvalue weighted by molar-refractivity contribution is -0.240. The molecular weight excluding hydrogens is 540 g/mol. The predicted molar refractivity (Wildman–Crippen MR) is 142 cm³/mol. The number of hydrogen-bond acceptors (Lipinski definition) is 12. The van der Waals surface area contributed by atoms with E-state index in [1.807, 2.05) is 0 Å². The van der Waals surface area contributed by atoms with Crippen LogP contribution >= 0.6 is 0 Å². The molecule has 2 heterocycles. The third-order valence-electron chi connectivity index (χ3n) is 7.01. The first kappa shape index (κ1) is 30.0. The van der Waals surface area contributed by atoms with Gasteiger partial charge in [-0.3, -0.25) is 9.59 Å². The first-order valence-corrected chi connectivity index (χ1v) is 12.9. The molecule has 6 atom stereocenters. The summed E-state index contributed by atoms with van der Waals surface area (Å²) in [6.45, 7) is 2.22. The molecule has 1 fully saturated rings. The van der Waals surface area contributed by atoms with Gasteiger partial charge in [0.2, 0.25) is 0 Å². The van der Waals surface area contributed by atoms with E-state index < -0.39 is 54.9 Å². The zero-order valence-electron chi connectivity index (χ0n) is 22.6. The largest absolute Gasteiger partial charge is 0.507 e. The molecule has 0 radical (unpaired) electrons. The Morgan fingerprint density at radius 3 is 2.51 bits per heavy atom. The van der Waals surface area contributed by atoms with Crippen LogP contribution in [0, 0.1) is 6.92 Å². The minimum absolute atomic E-state index is 0.0727. The number of phenolic OH excluding ortho intramolecular Hbond substituents is 2. The number of aliphatic hydroxyl groups excluding tert-OH is 3. The van der Waals surface area contributed by atoms with Crippen LogP contribution < -0.4 is 9.47 Å². The van der Waals surface area contributed by atoms with Crippen LogP contribution in [-0.4, -0.2) is 87.3 Å². The van der Waals surface area contributed by atoms with Crippen LogP contribution in [0.25, 0.3) is 6.08 Å². The number of carbonyl (C=O) groups excluding carboxylic acids is 3. The average molecular weight is 573 g/mol. The third kappa shape index (κ3) is 6.20. The first-order valence-electron chi connectivity index (χ1n) is 12.9. The number of esters is 1. The van der Waals surface area contributed by atoms with Crippen LogP contribution in [0.15, 0.2) is 30.3 Å². The number of aryl methyl sites for hydroxylation is 1. The molecule has 5 N–H and O–H groups in total. The van der Waals surface area contributed by atoms with E-state index in [1.165, 1.54) is 44.4 Å². The van der Waals surface area contributed by atoms with Crippen LogP contribution in [0.3, 0.4) is 0 Å². The van der Waals surface area contributed by atoms with E-state index in [2.05, 4.69) is 0 Å². The fraction of sp³-hybridized carbons (Fsp3) is 0.414. The Kier molecular flexibility index (Phi) is 8.98. The van der Waals surface area contributed by atoms with Crippen molar-refractivity contribution >= 4 is 23.6 Å². The van der Waals surface area contributed by atoms with Crippen LogP contribution in [0.5, 0.6) is 23.0 Å². The lowest BCUT2D eigenvalue weighted by atomic mass is 9.85. The molecule has 0 aliphatic carbocycles. The summed E-state index contributed by atoms with van der Waals surface area (Å²) in [6.07, 6.45) is -6.48. The number of rotatable bonds is 8. The van der Waals surface area contributed by atoms with Gasteiger partial charge >= 0.3 is 5.97 Å². The molecule has 4 rings (SSSR count). The van der Waals surface area contributed by atoms with Gasteiger partial charge in [0.05, 0.1) is 24.8 Å². The fourth-order valence-electron chi connectivity index (χ4n) is 5.07. The Balaban J connectivity index is 1.72. The number of ketones is 2. The summed E-state index contributed by atoms with van der Waals surface area (Å²) in [7, 11) is 1.37. The highest BCUT2D eigenvalue weighted by Gasteiger charge is 2.49. The van der Waals surface area contributed by atoms with E-state index in [1.54, 1.807) is 6.92 Å². The van der Waals surface area contributed by atoms with Gasteiger partial charge in [0, 0.05) is 18.9 Å². The SMILES string of the molecule is COc1cc(C=CC(=O)O[C@@H]2[C@@H](O)[C@H](O)[C@@H](CO)O[C@@H]2c2c(O)cc(C)c3c2O[C@@H](CC(C)=O)CC3=O)ccc1O. The molecular formula is C29H32O12. The summed E-state index contributed by atoms with van der Waals surface area (Å²) in [5.74, 6) is -1.95. The van der Waals surface area contributed by atoms with Gasteiger partial charge in [-0.1, -0.05) is 6.07 Å². The Morgan fingerprint density at radius 1 is 1.12 bits per heavy atom. The van der Waals surface area contributed by atoms with Crippen molar-refractivity contribution in [2.45, 2.75) is 63.3 Å². The Labute approximate surface area is 235 Å². The van der Waals surface area contributed by atoms with Crippen molar-refractivity contribution in [2.24, 2.45) is 0 Å². The summed E-state index contributed by atoms with van der Waals surface area (Å²) in [6, 6.07) is 5.65. The molecule has 1 saturated heterocycles. The fourth-order valence-corrected chi connectivity index (χ4v) is 5.07. The van der Waals surface area contributed by atoms with E-state index >= 15 is 0 Å². The Morgan fingerprint density at radius 2 is 1.85 bits per heavy atom. The van der Waals surface area contributed by atoms with Crippen molar-refractivity contribution < 1.29 is 58.9 Å². The van der Waals surface area contributed by atoms with E-state index in [0.29, 0.717) is 11.1 Å². The van der Waals surface area contributed by atoms with Crippen LogP contribution in [-0.2, 0) is 19.1 Å². The van der Waals surface area contributed by atoms with Crippen molar-refractivity contribution in [3.63, 3.8) is 0 Å². The summed E-state index contributed by atoms with van der Waals surface area (Å²) >= 11 is 0. The lowest BCUT2D eigenvalue weighted by Crippen LogP contribution is -2.56. The van der Waals surface area contributed by atoms with Crippen molar-refractivity contribution in [3.8, 4) is 23.0 Å². The minimum atomic E-state index is -1.78. The van der Waals surface area contributed by atoms with Crippen LogP contribution in [0.1, 0.15) is 52.9 Å². The molecule has 0 bridgehead atoms. The number of aromatic hydroxyl groups is 2. The average Bonchev–Trinajstić information content (AvgIpc) is 2.91. The zero-order chi connectivity index (χ0) is 30.0. The Hall–Kier alpha value is -3.97. The van der Waals surface area contributed by atoms with E-state index in [0.717, 1.165) is 6.08 Å². The number of carbonyl (C=O) groups is 3. The maximum Gasteiger partial charge on any atom is 0.331 e.